The van der Waals surface area contributed by atoms with Crippen LogP contribution in [0.1, 0.15) is 108 Å². The van der Waals surface area contributed by atoms with E-state index in [9.17, 15) is 4.79 Å². The summed E-state index contributed by atoms with van der Waals surface area (Å²) in [6.45, 7) is 2.90. The number of aryl methyl sites for hydroxylation is 1. The van der Waals surface area contributed by atoms with Crippen LogP contribution in [0.25, 0.3) is 0 Å². The number of allylic oxidation sites excluding steroid dienone is 4. The molecule has 1 atom stereocenters. The number of nitrogens with one attached hydrogen (secondary N) is 1. The molecular formula is C30H45NO2. The number of hydrogen-bond donors (Lipinski definition) is 2. The Kier molecular flexibility index (Phi) is 17.7. The highest BCUT2D eigenvalue weighted by Gasteiger charge is 2.20. The number of aliphatic carboxylic acids is 1. The van der Waals surface area contributed by atoms with Crippen molar-refractivity contribution in [1.29, 1.82) is 0 Å². The predicted molar refractivity (Wildman–Crippen MR) is 141 cm³/mol. The van der Waals surface area contributed by atoms with Crippen molar-refractivity contribution in [2.75, 3.05) is 6.54 Å². The van der Waals surface area contributed by atoms with Crippen LogP contribution in [-0.4, -0.2) is 17.6 Å². The van der Waals surface area contributed by atoms with Crippen LogP contribution in [0.15, 0.2) is 48.6 Å². The molecule has 0 bridgehead atoms. The van der Waals surface area contributed by atoms with E-state index in [0.717, 1.165) is 25.7 Å². The lowest BCUT2D eigenvalue weighted by Gasteiger charge is -2.10. The summed E-state index contributed by atoms with van der Waals surface area (Å²) in [7, 11) is 0. The normalized spacial score (nSPS) is 14.7. The molecule has 1 aromatic rings. The van der Waals surface area contributed by atoms with Crippen molar-refractivity contribution in [1.82, 2.24) is 5.32 Å². The molecule has 0 fully saturated rings. The average molecular weight is 452 g/mol. The van der Waals surface area contributed by atoms with E-state index in [0.29, 0.717) is 19.0 Å². The molecule has 33 heavy (non-hydrogen) atoms. The Morgan fingerprint density at radius 2 is 1.70 bits per heavy atom. The summed E-state index contributed by atoms with van der Waals surface area (Å²) in [6, 6.07) is 9.06. The Hall–Kier alpha value is -2.31. The first-order chi connectivity index (χ1) is 16.2. The maximum atomic E-state index is 10.3. The number of benzene rings is 1. The maximum Gasteiger partial charge on any atom is 0.303 e. The summed E-state index contributed by atoms with van der Waals surface area (Å²) in [5, 5.41) is 11.9. The third kappa shape index (κ3) is 15.2. The average Bonchev–Trinajstić information content (AvgIpc) is 3.23. The summed E-state index contributed by atoms with van der Waals surface area (Å²) in [5.74, 6) is 1.94. The Bertz CT molecular complexity index is 729. The van der Waals surface area contributed by atoms with Gasteiger partial charge >= 0.3 is 5.97 Å². The SMILES string of the molecule is C#CCN[C@@H]1CCc2ccccc21.CCCCC/C=C\C/C=C\CCCCCCCC(=O)O. The van der Waals surface area contributed by atoms with Crippen molar-refractivity contribution in [3.05, 3.63) is 59.7 Å². The lowest BCUT2D eigenvalue weighted by atomic mass is 10.1. The first kappa shape index (κ1) is 28.7. The van der Waals surface area contributed by atoms with Gasteiger partial charge in [0, 0.05) is 12.5 Å². The van der Waals surface area contributed by atoms with E-state index < -0.39 is 5.97 Å². The van der Waals surface area contributed by atoms with Gasteiger partial charge in [-0.15, -0.1) is 6.42 Å². The van der Waals surface area contributed by atoms with E-state index in [4.69, 9.17) is 11.5 Å². The molecule has 0 heterocycles. The molecule has 1 aliphatic rings. The highest BCUT2D eigenvalue weighted by atomic mass is 16.4. The van der Waals surface area contributed by atoms with E-state index in [1.165, 1.54) is 68.9 Å². The van der Waals surface area contributed by atoms with Gasteiger partial charge in [0.1, 0.15) is 0 Å². The Morgan fingerprint density at radius 1 is 1.03 bits per heavy atom. The molecule has 1 aliphatic carbocycles. The molecule has 2 rings (SSSR count). The Balaban J connectivity index is 0.000000357. The van der Waals surface area contributed by atoms with Crippen LogP contribution in [-0.2, 0) is 11.2 Å². The molecule has 3 nitrogen and oxygen atoms in total. The van der Waals surface area contributed by atoms with E-state index in [1.54, 1.807) is 0 Å². The van der Waals surface area contributed by atoms with Crippen molar-refractivity contribution in [2.45, 2.75) is 103 Å². The van der Waals surface area contributed by atoms with Gasteiger partial charge in [-0.3, -0.25) is 10.1 Å². The number of carboxylic acid groups (broad SMARTS) is 1. The van der Waals surface area contributed by atoms with E-state index >= 15 is 0 Å². The second kappa shape index (κ2) is 20.3. The number of fused-ring (bicyclic) bond motifs is 1. The zero-order chi connectivity index (χ0) is 24.0. The van der Waals surface area contributed by atoms with Crippen LogP contribution in [0.5, 0.6) is 0 Å². The molecule has 0 aliphatic heterocycles. The number of hydrogen-bond acceptors (Lipinski definition) is 2. The van der Waals surface area contributed by atoms with Gasteiger partial charge in [-0.05, 0) is 62.5 Å². The molecule has 0 spiro atoms. The fourth-order valence-corrected chi connectivity index (χ4v) is 4.04. The highest BCUT2D eigenvalue weighted by Crippen LogP contribution is 2.30. The van der Waals surface area contributed by atoms with Crippen LogP contribution < -0.4 is 5.32 Å². The van der Waals surface area contributed by atoms with Gasteiger partial charge in [0.15, 0.2) is 0 Å². The molecule has 0 saturated carbocycles. The van der Waals surface area contributed by atoms with Crippen molar-refractivity contribution in [3.63, 3.8) is 0 Å². The molecule has 3 heteroatoms. The minimum absolute atomic E-state index is 0.324. The van der Waals surface area contributed by atoms with Gasteiger partial charge in [-0.25, -0.2) is 0 Å². The van der Waals surface area contributed by atoms with Crippen LogP contribution in [0.2, 0.25) is 0 Å². The smallest absolute Gasteiger partial charge is 0.303 e. The maximum absolute atomic E-state index is 10.3. The lowest BCUT2D eigenvalue weighted by Crippen LogP contribution is -2.19. The molecule has 0 radical (unpaired) electrons. The van der Waals surface area contributed by atoms with Crippen LogP contribution in [0, 0.1) is 12.3 Å². The van der Waals surface area contributed by atoms with Crippen molar-refractivity contribution < 1.29 is 9.90 Å². The summed E-state index contributed by atoms with van der Waals surface area (Å²) in [4.78, 5) is 10.3. The van der Waals surface area contributed by atoms with Gasteiger partial charge in [0.05, 0.1) is 6.54 Å². The second-order valence-electron chi connectivity index (χ2n) is 8.75. The Morgan fingerprint density at radius 3 is 2.39 bits per heavy atom. The quantitative estimate of drug-likeness (QED) is 0.153. The highest BCUT2D eigenvalue weighted by molar-refractivity contribution is 5.66. The minimum atomic E-state index is -0.671. The summed E-state index contributed by atoms with van der Waals surface area (Å²) in [6.07, 6.45) is 29.9. The summed E-state index contributed by atoms with van der Waals surface area (Å²) in [5.41, 5.74) is 2.90. The molecule has 0 amide bonds. The fraction of sp³-hybridized carbons (Fsp3) is 0.567. The number of rotatable bonds is 16. The standard InChI is InChI=1S/C18H32O2.C12H13N/c1-2-3-4-5-6-7-8-9-10-11-12-13-14-15-16-17-18(19)20;1-2-9-13-12-8-7-10-5-3-4-6-11(10)12/h6-7,9-10H,2-5,8,11-17H2,1H3,(H,19,20);1,3-6,12-13H,7-9H2/b7-6-,10-9-;/t;12-/m.1/s1. The number of unbranched alkanes of at least 4 members (excludes halogenated alkanes) is 8. The van der Waals surface area contributed by atoms with Gasteiger partial charge in [-0.2, -0.15) is 0 Å². The summed E-state index contributed by atoms with van der Waals surface area (Å²) < 4.78 is 0. The molecule has 0 aromatic heterocycles. The molecule has 1 aromatic carbocycles. The molecule has 2 N–H and O–H groups in total. The van der Waals surface area contributed by atoms with Crippen molar-refractivity contribution in [3.8, 4) is 12.3 Å². The van der Waals surface area contributed by atoms with E-state index in [2.05, 4.69) is 66.7 Å². The Labute approximate surface area is 202 Å². The van der Waals surface area contributed by atoms with Crippen molar-refractivity contribution in [2.24, 2.45) is 0 Å². The number of terminal acetylenes is 1. The molecule has 0 saturated heterocycles. The molecular weight excluding hydrogens is 406 g/mol. The van der Waals surface area contributed by atoms with Gasteiger partial charge < -0.3 is 5.11 Å². The number of carbonyl (C=O) groups is 1. The molecule has 0 unspecified atom stereocenters. The van der Waals surface area contributed by atoms with Crippen LogP contribution >= 0.6 is 0 Å². The first-order valence-electron chi connectivity index (χ1n) is 13.0. The van der Waals surface area contributed by atoms with Gasteiger partial charge in [0.2, 0.25) is 0 Å². The monoisotopic (exact) mass is 451 g/mol. The minimum Gasteiger partial charge on any atom is -0.481 e. The zero-order valence-electron chi connectivity index (χ0n) is 20.7. The third-order valence-electron chi connectivity index (χ3n) is 5.92. The van der Waals surface area contributed by atoms with Crippen LogP contribution in [0.3, 0.4) is 0 Å². The second-order valence-corrected chi connectivity index (χ2v) is 8.75. The zero-order valence-corrected chi connectivity index (χ0v) is 20.7. The topological polar surface area (TPSA) is 49.3 Å². The van der Waals surface area contributed by atoms with Crippen molar-refractivity contribution >= 4 is 5.97 Å². The fourth-order valence-electron chi connectivity index (χ4n) is 4.04. The lowest BCUT2D eigenvalue weighted by molar-refractivity contribution is -0.137. The summed E-state index contributed by atoms with van der Waals surface area (Å²) >= 11 is 0. The largest absolute Gasteiger partial charge is 0.481 e. The van der Waals surface area contributed by atoms with Gasteiger partial charge in [0.25, 0.3) is 0 Å². The van der Waals surface area contributed by atoms with E-state index in [-0.39, 0.29) is 0 Å². The van der Waals surface area contributed by atoms with Gasteiger partial charge in [-0.1, -0.05) is 93.5 Å². The predicted octanol–water partition coefficient (Wildman–Crippen LogP) is 7.78. The van der Waals surface area contributed by atoms with Crippen LogP contribution in [0.4, 0.5) is 0 Å². The number of carboxylic acids is 1. The first-order valence-corrected chi connectivity index (χ1v) is 13.0. The van der Waals surface area contributed by atoms with E-state index in [1.807, 2.05) is 0 Å². The molecule has 182 valence electrons. The third-order valence-corrected chi connectivity index (χ3v) is 5.92.